The van der Waals surface area contributed by atoms with E-state index in [9.17, 15) is 5.11 Å². The molecule has 1 N–H and O–H groups in total. The molecular formula is C14H14ClNO2. The summed E-state index contributed by atoms with van der Waals surface area (Å²) in [6, 6.07) is 7.12. The summed E-state index contributed by atoms with van der Waals surface area (Å²) in [6.07, 6.45) is 2.67. The van der Waals surface area contributed by atoms with E-state index in [0.717, 1.165) is 16.7 Å². The molecule has 0 aliphatic rings. The lowest BCUT2D eigenvalue weighted by Crippen LogP contribution is -2.01. The smallest absolute Gasteiger partial charge is 0.137 e. The van der Waals surface area contributed by atoms with Crippen molar-refractivity contribution in [2.45, 2.75) is 13.0 Å². The van der Waals surface area contributed by atoms with Gasteiger partial charge in [0.25, 0.3) is 0 Å². The minimum absolute atomic E-state index is 0.524. The van der Waals surface area contributed by atoms with E-state index in [0.29, 0.717) is 10.8 Å². The maximum absolute atomic E-state index is 10.3. The Hall–Kier alpha value is -1.58. The van der Waals surface area contributed by atoms with Crippen LogP contribution < -0.4 is 4.74 Å². The van der Waals surface area contributed by atoms with E-state index in [1.807, 2.05) is 13.0 Å². The van der Waals surface area contributed by atoms with Crippen LogP contribution in [0, 0.1) is 6.92 Å². The molecule has 0 aliphatic heterocycles. The SMILES string of the molecule is COc1cc(C(O)c2cncc(C)c2)ccc1Cl. The van der Waals surface area contributed by atoms with E-state index < -0.39 is 6.10 Å². The van der Waals surface area contributed by atoms with Gasteiger partial charge in [0, 0.05) is 18.0 Å². The Bertz CT molecular complexity index is 557. The molecule has 2 rings (SSSR count). The Labute approximate surface area is 111 Å². The van der Waals surface area contributed by atoms with Crippen molar-refractivity contribution in [2.75, 3.05) is 7.11 Å². The average molecular weight is 264 g/mol. The van der Waals surface area contributed by atoms with Gasteiger partial charge in [0.15, 0.2) is 0 Å². The van der Waals surface area contributed by atoms with Gasteiger partial charge in [-0.3, -0.25) is 4.98 Å². The molecule has 0 spiro atoms. The predicted octanol–water partition coefficient (Wildman–Crippen LogP) is 3.13. The number of benzene rings is 1. The Morgan fingerprint density at radius 1 is 1.22 bits per heavy atom. The van der Waals surface area contributed by atoms with Gasteiger partial charge in [-0.25, -0.2) is 0 Å². The first-order valence-corrected chi connectivity index (χ1v) is 5.92. The Morgan fingerprint density at radius 3 is 2.67 bits per heavy atom. The number of methoxy groups -OCH3 is 1. The number of nitrogens with zero attached hydrogens (tertiary/aromatic N) is 1. The van der Waals surface area contributed by atoms with Crippen molar-refractivity contribution in [2.24, 2.45) is 0 Å². The first-order valence-electron chi connectivity index (χ1n) is 5.55. The second kappa shape index (κ2) is 5.38. The number of aliphatic hydroxyl groups excluding tert-OH is 1. The molecule has 0 saturated heterocycles. The molecule has 1 aromatic carbocycles. The lowest BCUT2D eigenvalue weighted by atomic mass is 10.0. The molecule has 18 heavy (non-hydrogen) atoms. The highest BCUT2D eigenvalue weighted by Gasteiger charge is 2.13. The van der Waals surface area contributed by atoms with Crippen LogP contribution in [-0.4, -0.2) is 17.2 Å². The van der Waals surface area contributed by atoms with Crippen molar-refractivity contribution in [3.05, 3.63) is 58.4 Å². The first kappa shape index (κ1) is 12.9. The third kappa shape index (κ3) is 2.63. The van der Waals surface area contributed by atoms with Crippen molar-refractivity contribution < 1.29 is 9.84 Å². The second-order valence-corrected chi connectivity index (χ2v) is 4.50. The second-order valence-electron chi connectivity index (χ2n) is 4.09. The maximum Gasteiger partial charge on any atom is 0.137 e. The molecule has 2 aromatic rings. The minimum atomic E-state index is -0.733. The zero-order chi connectivity index (χ0) is 13.1. The van der Waals surface area contributed by atoms with Gasteiger partial charge < -0.3 is 9.84 Å². The molecule has 0 radical (unpaired) electrons. The van der Waals surface area contributed by atoms with Gasteiger partial charge >= 0.3 is 0 Å². The number of hydrogen-bond acceptors (Lipinski definition) is 3. The third-order valence-corrected chi connectivity index (χ3v) is 3.02. The van der Waals surface area contributed by atoms with E-state index >= 15 is 0 Å². The first-order chi connectivity index (χ1) is 8.61. The summed E-state index contributed by atoms with van der Waals surface area (Å²) in [5.74, 6) is 0.550. The van der Waals surface area contributed by atoms with E-state index in [4.69, 9.17) is 16.3 Å². The fourth-order valence-electron chi connectivity index (χ4n) is 1.77. The summed E-state index contributed by atoms with van der Waals surface area (Å²) in [6.45, 7) is 1.94. The number of aromatic nitrogens is 1. The van der Waals surface area contributed by atoms with Gasteiger partial charge in [-0.05, 0) is 30.2 Å². The van der Waals surface area contributed by atoms with Crippen LogP contribution in [0.25, 0.3) is 0 Å². The van der Waals surface area contributed by atoms with Crippen LogP contribution in [0.4, 0.5) is 0 Å². The van der Waals surface area contributed by atoms with Gasteiger partial charge in [0.1, 0.15) is 11.9 Å². The van der Waals surface area contributed by atoms with Crippen molar-refractivity contribution in [1.29, 1.82) is 0 Å². The third-order valence-electron chi connectivity index (χ3n) is 2.70. The monoisotopic (exact) mass is 263 g/mol. The molecule has 0 bridgehead atoms. The van der Waals surface area contributed by atoms with E-state index in [2.05, 4.69) is 4.98 Å². The molecule has 94 valence electrons. The molecule has 3 nitrogen and oxygen atoms in total. The van der Waals surface area contributed by atoms with E-state index in [-0.39, 0.29) is 0 Å². The fraction of sp³-hybridized carbons (Fsp3) is 0.214. The number of ether oxygens (including phenoxy) is 1. The van der Waals surface area contributed by atoms with Crippen molar-refractivity contribution >= 4 is 11.6 Å². The molecule has 1 aromatic heterocycles. The lowest BCUT2D eigenvalue weighted by Gasteiger charge is -2.13. The van der Waals surface area contributed by atoms with Gasteiger partial charge in [-0.1, -0.05) is 23.7 Å². The van der Waals surface area contributed by atoms with Gasteiger partial charge in [-0.15, -0.1) is 0 Å². The summed E-state index contributed by atoms with van der Waals surface area (Å²) in [4.78, 5) is 4.07. The quantitative estimate of drug-likeness (QED) is 0.925. The summed E-state index contributed by atoms with van der Waals surface area (Å²) in [5.41, 5.74) is 2.48. The number of hydrogen-bond donors (Lipinski definition) is 1. The molecule has 0 fully saturated rings. The topological polar surface area (TPSA) is 42.4 Å². The zero-order valence-corrected chi connectivity index (χ0v) is 11.0. The van der Waals surface area contributed by atoms with Crippen LogP contribution in [0.1, 0.15) is 22.8 Å². The summed E-state index contributed by atoms with van der Waals surface area (Å²) < 4.78 is 5.14. The van der Waals surface area contributed by atoms with E-state index in [1.54, 1.807) is 37.7 Å². The Kier molecular flexibility index (Phi) is 3.84. The lowest BCUT2D eigenvalue weighted by molar-refractivity contribution is 0.219. The number of aryl methyl sites for hydroxylation is 1. The molecule has 0 saturated carbocycles. The highest BCUT2D eigenvalue weighted by atomic mass is 35.5. The van der Waals surface area contributed by atoms with Crippen LogP contribution >= 0.6 is 11.6 Å². The Balaban J connectivity index is 2.36. The molecule has 1 atom stereocenters. The normalized spacial score (nSPS) is 12.2. The van der Waals surface area contributed by atoms with Crippen molar-refractivity contribution in [3.63, 3.8) is 0 Å². The van der Waals surface area contributed by atoms with Crippen molar-refractivity contribution in [3.8, 4) is 5.75 Å². The van der Waals surface area contributed by atoms with E-state index in [1.165, 1.54) is 0 Å². The Morgan fingerprint density at radius 2 is 2.00 bits per heavy atom. The molecule has 0 aliphatic carbocycles. The van der Waals surface area contributed by atoms with Crippen LogP contribution in [0.3, 0.4) is 0 Å². The number of halogens is 1. The predicted molar refractivity (Wildman–Crippen MR) is 71.0 cm³/mol. The summed E-state index contributed by atoms with van der Waals surface area (Å²) in [5, 5.41) is 10.8. The molecule has 1 unspecified atom stereocenters. The molecular weight excluding hydrogens is 250 g/mol. The molecule has 1 heterocycles. The average Bonchev–Trinajstić information content (AvgIpc) is 2.38. The van der Waals surface area contributed by atoms with Crippen molar-refractivity contribution in [1.82, 2.24) is 4.98 Å². The summed E-state index contributed by atoms with van der Waals surface area (Å²) >= 11 is 5.95. The highest BCUT2D eigenvalue weighted by molar-refractivity contribution is 6.32. The largest absolute Gasteiger partial charge is 0.495 e. The number of aliphatic hydroxyl groups is 1. The van der Waals surface area contributed by atoms with Crippen LogP contribution in [0.5, 0.6) is 5.75 Å². The summed E-state index contributed by atoms with van der Waals surface area (Å²) in [7, 11) is 1.55. The number of rotatable bonds is 3. The maximum atomic E-state index is 10.3. The molecule has 4 heteroatoms. The standard InChI is InChI=1S/C14H14ClNO2/c1-9-5-11(8-16-7-9)14(17)10-3-4-12(15)13(6-10)18-2/h3-8,14,17H,1-2H3. The van der Waals surface area contributed by atoms with Gasteiger partial charge in [0.05, 0.1) is 12.1 Å². The highest BCUT2D eigenvalue weighted by Crippen LogP contribution is 2.30. The fourth-order valence-corrected chi connectivity index (χ4v) is 1.96. The van der Waals surface area contributed by atoms with Gasteiger partial charge in [-0.2, -0.15) is 0 Å². The molecule has 0 amide bonds. The van der Waals surface area contributed by atoms with Gasteiger partial charge in [0.2, 0.25) is 0 Å². The minimum Gasteiger partial charge on any atom is -0.495 e. The van der Waals surface area contributed by atoms with Crippen LogP contribution in [0.2, 0.25) is 5.02 Å². The van der Waals surface area contributed by atoms with Crippen LogP contribution in [0.15, 0.2) is 36.7 Å². The zero-order valence-electron chi connectivity index (χ0n) is 10.2. The number of pyridine rings is 1. The van der Waals surface area contributed by atoms with Crippen LogP contribution in [-0.2, 0) is 0 Å².